The van der Waals surface area contributed by atoms with Crippen molar-refractivity contribution in [3.05, 3.63) is 59.7 Å². The van der Waals surface area contributed by atoms with Crippen molar-refractivity contribution in [2.75, 3.05) is 31.6 Å². The predicted molar refractivity (Wildman–Crippen MR) is 99.1 cm³/mol. The Labute approximate surface area is 152 Å². The molecule has 26 heavy (non-hydrogen) atoms. The molecule has 1 unspecified atom stereocenters. The van der Waals surface area contributed by atoms with E-state index in [-0.39, 0.29) is 17.5 Å². The van der Waals surface area contributed by atoms with Crippen LogP contribution in [-0.4, -0.2) is 54.7 Å². The summed E-state index contributed by atoms with van der Waals surface area (Å²) < 4.78 is 5.29. The normalized spacial score (nSPS) is 17.1. The third-order valence-corrected chi connectivity index (χ3v) is 4.68. The number of carbonyl (C=O) groups is 2. The number of hydrogen-bond donors (Lipinski definition) is 1. The van der Waals surface area contributed by atoms with Crippen molar-refractivity contribution in [1.29, 1.82) is 0 Å². The number of carbonyl (C=O) groups excluding carboxylic acids is 1. The van der Waals surface area contributed by atoms with E-state index in [1.54, 1.807) is 19.2 Å². The molecule has 0 spiro atoms. The van der Waals surface area contributed by atoms with Gasteiger partial charge in [0.15, 0.2) is 0 Å². The maximum atomic E-state index is 12.7. The third-order valence-electron chi connectivity index (χ3n) is 4.68. The monoisotopic (exact) mass is 354 g/mol. The van der Waals surface area contributed by atoms with E-state index in [9.17, 15) is 9.59 Å². The van der Waals surface area contributed by atoms with Crippen molar-refractivity contribution < 1.29 is 19.4 Å². The summed E-state index contributed by atoms with van der Waals surface area (Å²) in [4.78, 5) is 27.7. The first kappa shape index (κ1) is 17.8. The van der Waals surface area contributed by atoms with Gasteiger partial charge in [-0.05, 0) is 43.3 Å². The minimum Gasteiger partial charge on any atom is -0.497 e. The zero-order valence-corrected chi connectivity index (χ0v) is 14.9. The highest BCUT2D eigenvalue weighted by Gasteiger charge is 2.27. The minimum absolute atomic E-state index is 0.0703. The lowest BCUT2D eigenvalue weighted by Gasteiger charge is -2.41. The van der Waals surface area contributed by atoms with E-state index in [1.807, 2.05) is 29.2 Å². The number of hydrogen-bond acceptors (Lipinski definition) is 4. The number of rotatable bonds is 4. The Balaban J connectivity index is 1.69. The van der Waals surface area contributed by atoms with Crippen molar-refractivity contribution in [3.63, 3.8) is 0 Å². The van der Waals surface area contributed by atoms with Crippen LogP contribution in [0.1, 0.15) is 27.6 Å². The molecule has 136 valence electrons. The second-order valence-corrected chi connectivity index (χ2v) is 6.38. The Hall–Kier alpha value is -3.02. The summed E-state index contributed by atoms with van der Waals surface area (Å²) >= 11 is 0. The quantitative estimate of drug-likeness (QED) is 0.914. The fraction of sp³-hybridized carbons (Fsp3) is 0.300. The van der Waals surface area contributed by atoms with Gasteiger partial charge in [-0.2, -0.15) is 0 Å². The first-order valence-corrected chi connectivity index (χ1v) is 8.53. The summed E-state index contributed by atoms with van der Waals surface area (Å²) in [6, 6.07) is 14.2. The van der Waals surface area contributed by atoms with Gasteiger partial charge in [-0.15, -0.1) is 0 Å². The smallest absolute Gasteiger partial charge is 0.335 e. The van der Waals surface area contributed by atoms with E-state index < -0.39 is 5.97 Å². The highest BCUT2D eigenvalue weighted by Crippen LogP contribution is 2.25. The zero-order valence-electron chi connectivity index (χ0n) is 14.9. The maximum Gasteiger partial charge on any atom is 0.335 e. The van der Waals surface area contributed by atoms with E-state index in [1.165, 1.54) is 12.1 Å². The summed E-state index contributed by atoms with van der Waals surface area (Å²) in [5.41, 5.74) is 1.77. The molecular formula is C20H22N2O4. The Morgan fingerprint density at radius 2 is 1.77 bits per heavy atom. The number of carboxylic acids is 1. The lowest BCUT2D eigenvalue weighted by molar-refractivity contribution is 0.0691. The van der Waals surface area contributed by atoms with Gasteiger partial charge in [0.25, 0.3) is 5.91 Å². The van der Waals surface area contributed by atoms with Crippen LogP contribution >= 0.6 is 0 Å². The number of amides is 1. The largest absolute Gasteiger partial charge is 0.497 e. The van der Waals surface area contributed by atoms with Gasteiger partial charge in [-0.3, -0.25) is 4.79 Å². The first-order chi connectivity index (χ1) is 12.5. The Kier molecular flexibility index (Phi) is 5.11. The average Bonchev–Trinajstić information content (AvgIpc) is 2.67. The Bertz CT molecular complexity index is 804. The molecule has 0 radical (unpaired) electrons. The summed E-state index contributed by atoms with van der Waals surface area (Å²) in [5.74, 6) is -0.254. The van der Waals surface area contributed by atoms with Crippen molar-refractivity contribution in [2.24, 2.45) is 0 Å². The number of nitrogens with zero attached hydrogens (tertiary/aromatic N) is 2. The lowest BCUT2D eigenvalue weighted by Crippen LogP contribution is -2.53. The summed E-state index contributed by atoms with van der Waals surface area (Å²) in [6.45, 7) is 4.04. The number of aromatic carboxylic acids is 1. The molecule has 1 fully saturated rings. The van der Waals surface area contributed by atoms with E-state index in [0.717, 1.165) is 18.0 Å². The van der Waals surface area contributed by atoms with Crippen molar-refractivity contribution in [1.82, 2.24) is 4.90 Å². The summed E-state index contributed by atoms with van der Waals surface area (Å²) in [5, 5.41) is 8.96. The van der Waals surface area contributed by atoms with Crippen molar-refractivity contribution in [3.8, 4) is 5.75 Å². The molecule has 1 saturated heterocycles. The second-order valence-electron chi connectivity index (χ2n) is 6.38. The molecule has 6 heteroatoms. The van der Waals surface area contributed by atoms with Crippen LogP contribution in [0.2, 0.25) is 0 Å². The lowest BCUT2D eigenvalue weighted by atomic mass is 10.1. The highest BCUT2D eigenvalue weighted by molar-refractivity contribution is 5.96. The van der Waals surface area contributed by atoms with Gasteiger partial charge in [0.05, 0.1) is 12.7 Å². The van der Waals surface area contributed by atoms with Crippen LogP contribution in [0.5, 0.6) is 5.75 Å². The van der Waals surface area contributed by atoms with Crippen LogP contribution in [0.15, 0.2) is 48.5 Å². The molecule has 1 amide bonds. The number of piperazine rings is 1. The van der Waals surface area contributed by atoms with Gasteiger partial charge < -0.3 is 19.6 Å². The van der Waals surface area contributed by atoms with Gasteiger partial charge >= 0.3 is 5.97 Å². The fourth-order valence-corrected chi connectivity index (χ4v) is 3.25. The van der Waals surface area contributed by atoms with Gasteiger partial charge in [-0.1, -0.05) is 6.07 Å². The van der Waals surface area contributed by atoms with E-state index in [2.05, 4.69) is 11.8 Å². The van der Waals surface area contributed by atoms with Crippen LogP contribution in [0.25, 0.3) is 0 Å². The highest BCUT2D eigenvalue weighted by atomic mass is 16.5. The molecule has 0 aromatic heterocycles. The predicted octanol–water partition coefficient (Wildman–Crippen LogP) is 2.74. The topological polar surface area (TPSA) is 70.1 Å². The van der Waals surface area contributed by atoms with E-state index in [0.29, 0.717) is 18.7 Å². The van der Waals surface area contributed by atoms with E-state index in [4.69, 9.17) is 9.84 Å². The standard InChI is InChI=1S/C20H22N2O4/c1-14-13-21(19(23)15-6-8-16(9-7-15)20(24)25)10-11-22(14)17-4-3-5-18(12-17)26-2/h3-9,12,14H,10-11,13H2,1-2H3,(H,24,25). The van der Waals surface area contributed by atoms with Crippen molar-refractivity contribution >= 4 is 17.6 Å². The van der Waals surface area contributed by atoms with E-state index >= 15 is 0 Å². The van der Waals surface area contributed by atoms with Crippen LogP contribution in [0.3, 0.4) is 0 Å². The van der Waals surface area contributed by atoms with Gasteiger partial charge in [0, 0.05) is 43.0 Å². The molecule has 2 aromatic carbocycles. The Morgan fingerprint density at radius 1 is 1.08 bits per heavy atom. The molecule has 1 heterocycles. The Morgan fingerprint density at radius 3 is 2.38 bits per heavy atom. The molecular weight excluding hydrogens is 332 g/mol. The number of anilines is 1. The number of ether oxygens (including phenoxy) is 1. The van der Waals surface area contributed by atoms with Crippen LogP contribution in [-0.2, 0) is 0 Å². The van der Waals surface area contributed by atoms with Gasteiger partial charge in [-0.25, -0.2) is 4.79 Å². The minimum atomic E-state index is -0.996. The summed E-state index contributed by atoms with van der Waals surface area (Å²) in [7, 11) is 1.65. The van der Waals surface area contributed by atoms with Gasteiger partial charge in [0.2, 0.25) is 0 Å². The molecule has 1 N–H and O–H groups in total. The number of benzene rings is 2. The fourth-order valence-electron chi connectivity index (χ4n) is 3.25. The molecule has 1 aliphatic rings. The van der Waals surface area contributed by atoms with Crippen LogP contribution < -0.4 is 9.64 Å². The maximum absolute atomic E-state index is 12.7. The number of carboxylic acid groups (broad SMARTS) is 1. The molecule has 0 aliphatic carbocycles. The molecule has 0 saturated carbocycles. The zero-order chi connectivity index (χ0) is 18.7. The molecule has 3 rings (SSSR count). The van der Waals surface area contributed by atoms with Gasteiger partial charge in [0.1, 0.15) is 5.75 Å². The molecule has 1 aliphatic heterocycles. The molecule has 6 nitrogen and oxygen atoms in total. The van der Waals surface area contributed by atoms with Crippen molar-refractivity contribution in [2.45, 2.75) is 13.0 Å². The third kappa shape index (κ3) is 3.64. The average molecular weight is 354 g/mol. The number of methoxy groups -OCH3 is 1. The molecule has 0 bridgehead atoms. The van der Waals surface area contributed by atoms with Crippen LogP contribution in [0, 0.1) is 0 Å². The molecule has 1 atom stereocenters. The SMILES string of the molecule is COc1cccc(N2CCN(C(=O)c3ccc(C(=O)O)cc3)CC2C)c1. The summed E-state index contributed by atoms with van der Waals surface area (Å²) in [6.07, 6.45) is 0. The second kappa shape index (κ2) is 7.47. The first-order valence-electron chi connectivity index (χ1n) is 8.53. The molecule has 2 aromatic rings. The van der Waals surface area contributed by atoms with Crippen LogP contribution in [0.4, 0.5) is 5.69 Å².